The van der Waals surface area contributed by atoms with Crippen molar-refractivity contribution in [3.63, 3.8) is 0 Å². The number of aryl methyl sites for hydroxylation is 2. The quantitative estimate of drug-likeness (QED) is 0.455. The number of fused-ring (bicyclic) bond motifs is 1. The highest BCUT2D eigenvalue weighted by molar-refractivity contribution is 7.98. The Kier molecular flexibility index (Phi) is 5.46. The molecule has 0 saturated carbocycles. The van der Waals surface area contributed by atoms with Gasteiger partial charge in [-0.15, -0.1) is 10.2 Å². The van der Waals surface area contributed by atoms with Gasteiger partial charge in [-0.25, -0.2) is 4.98 Å². The molecule has 0 amide bonds. The number of nitrogens with zero attached hydrogens (tertiary/aromatic N) is 4. The van der Waals surface area contributed by atoms with Crippen LogP contribution in [0.2, 0.25) is 0 Å². The van der Waals surface area contributed by atoms with Crippen molar-refractivity contribution in [2.45, 2.75) is 49.9 Å². The third-order valence-electron chi connectivity index (χ3n) is 5.14. The molecule has 0 atom stereocenters. The highest BCUT2D eigenvalue weighted by Gasteiger charge is 2.14. The number of benzene rings is 2. The first-order valence-electron chi connectivity index (χ1n) is 9.94. The molecule has 4 rings (SSSR count). The van der Waals surface area contributed by atoms with Crippen LogP contribution in [0.25, 0.3) is 11.0 Å². The molecule has 29 heavy (non-hydrogen) atoms. The van der Waals surface area contributed by atoms with Gasteiger partial charge in [0.15, 0.2) is 5.16 Å². The van der Waals surface area contributed by atoms with Crippen molar-refractivity contribution in [3.05, 3.63) is 71.3 Å². The van der Waals surface area contributed by atoms with Crippen LogP contribution in [0.5, 0.6) is 0 Å². The molecule has 0 bridgehead atoms. The van der Waals surface area contributed by atoms with Gasteiger partial charge in [-0.1, -0.05) is 68.9 Å². The third-order valence-corrected chi connectivity index (χ3v) is 6.23. The zero-order valence-corrected chi connectivity index (χ0v) is 18.3. The molecule has 4 aromatic rings. The lowest BCUT2D eigenvalue weighted by Gasteiger charge is -2.19. The molecule has 5 nitrogen and oxygen atoms in total. The summed E-state index contributed by atoms with van der Waals surface area (Å²) < 4.78 is 2.09. The fraction of sp³-hybridized carbons (Fsp3) is 0.348. The van der Waals surface area contributed by atoms with Crippen LogP contribution in [0.1, 0.15) is 43.5 Å². The number of aromatic amines is 1. The molecule has 1 N–H and O–H groups in total. The van der Waals surface area contributed by atoms with E-state index in [0.717, 1.165) is 46.4 Å². The number of nitrogens with one attached hydrogen (secondary N) is 1. The Labute approximate surface area is 176 Å². The number of para-hydroxylation sites is 2. The fourth-order valence-corrected chi connectivity index (χ4v) is 4.18. The van der Waals surface area contributed by atoms with Crippen molar-refractivity contribution in [2.24, 2.45) is 7.05 Å². The molecular formula is C23H27N5S. The van der Waals surface area contributed by atoms with Gasteiger partial charge in [0.2, 0.25) is 0 Å². The molecule has 0 fully saturated rings. The maximum Gasteiger partial charge on any atom is 0.191 e. The smallest absolute Gasteiger partial charge is 0.191 e. The molecule has 2 heterocycles. The van der Waals surface area contributed by atoms with Gasteiger partial charge < -0.3 is 9.55 Å². The lowest BCUT2D eigenvalue weighted by molar-refractivity contribution is 0.590. The van der Waals surface area contributed by atoms with Gasteiger partial charge in [-0.2, -0.15) is 0 Å². The van der Waals surface area contributed by atoms with E-state index in [9.17, 15) is 0 Å². The van der Waals surface area contributed by atoms with Gasteiger partial charge in [0.25, 0.3) is 0 Å². The molecule has 0 unspecified atom stereocenters. The first-order chi connectivity index (χ1) is 13.9. The van der Waals surface area contributed by atoms with Gasteiger partial charge >= 0.3 is 0 Å². The molecule has 6 heteroatoms. The number of hydrogen-bond donors (Lipinski definition) is 1. The summed E-state index contributed by atoms with van der Waals surface area (Å²) in [5.41, 5.74) is 4.93. The van der Waals surface area contributed by atoms with E-state index in [1.54, 1.807) is 11.8 Å². The minimum absolute atomic E-state index is 0.185. The summed E-state index contributed by atoms with van der Waals surface area (Å²) >= 11 is 1.73. The minimum Gasteiger partial charge on any atom is -0.342 e. The summed E-state index contributed by atoms with van der Waals surface area (Å²) in [5, 5.41) is 9.73. The number of hydrogen-bond acceptors (Lipinski definition) is 4. The minimum atomic E-state index is 0.185. The Morgan fingerprint density at radius 1 is 0.966 bits per heavy atom. The van der Waals surface area contributed by atoms with Crippen molar-refractivity contribution in [3.8, 4) is 0 Å². The molecule has 0 spiro atoms. The van der Waals surface area contributed by atoms with Crippen LogP contribution in [0.15, 0.2) is 53.7 Å². The van der Waals surface area contributed by atoms with E-state index in [0.29, 0.717) is 0 Å². The maximum atomic E-state index is 4.65. The van der Waals surface area contributed by atoms with Gasteiger partial charge in [0.05, 0.1) is 11.0 Å². The fourth-order valence-electron chi connectivity index (χ4n) is 3.29. The largest absolute Gasteiger partial charge is 0.342 e. The summed E-state index contributed by atoms with van der Waals surface area (Å²) in [7, 11) is 2.04. The first kappa shape index (κ1) is 19.7. The highest BCUT2D eigenvalue weighted by atomic mass is 32.2. The first-order valence-corrected chi connectivity index (χ1v) is 10.9. The summed E-state index contributed by atoms with van der Waals surface area (Å²) in [4.78, 5) is 8.03. The summed E-state index contributed by atoms with van der Waals surface area (Å²) in [5.74, 6) is 2.86. The predicted octanol–water partition coefficient (Wildman–Crippen LogP) is 5.07. The third kappa shape index (κ3) is 4.53. The van der Waals surface area contributed by atoms with Crippen LogP contribution in [0, 0.1) is 0 Å². The second-order valence-electron chi connectivity index (χ2n) is 8.39. The second-order valence-corrected chi connectivity index (χ2v) is 9.34. The number of rotatable bonds is 6. The van der Waals surface area contributed by atoms with Gasteiger partial charge in [0, 0.05) is 25.6 Å². The SMILES string of the molecule is Cn1c(CCc2nc3ccccc3[nH]2)nnc1SCc1ccc(C(C)(C)C)cc1. The molecule has 0 aliphatic carbocycles. The lowest BCUT2D eigenvalue weighted by Crippen LogP contribution is -2.10. The van der Waals surface area contributed by atoms with Crippen LogP contribution < -0.4 is 0 Å². The van der Waals surface area contributed by atoms with E-state index in [-0.39, 0.29) is 5.41 Å². The topological polar surface area (TPSA) is 59.4 Å². The van der Waals surface area contributed by atoms with Crippen LogP contribution in [-0.4, -0.2) is 24.7 Å². The molecule has 0 aliphatic rings. The van der Waals surface area contributed by atoms with E-state index in [1.165, 1.54) is 11.1 Å². The molecular weight excluding hydrogens is 378 g/mol. The number of H-pyrrole nitrogens is 1. The van der Waals surface area contributed by atoms with E-state index >= 15 is 0 Å². The van der Waals surface area contributed by atoms with Crippen molar-refractivity contribution < 1.29 is 0 Å². The zero-order valence-electron chi connectivity index (χ0n) is 17.4. The van der Waals surface area contributed by atoms with Gasteiger partial charge in [0.1, 0.15) is 11.6 Å². The predicted molar refractivity (Wildman–Crippen MR) is 119 cm³/mol. The van der Waals surface area contributed by atoms with E-state index in [1.807, 2.05) is 25.2 Å². The van der Waals surface area contributed by atoms with Crippen molar-refractivity contribution >= 4 is 22.8 Å². The van der Waals surface area contributed by atoms with E-state index in [2.05, 4.69) is 75.8 Å². The molecule has 2 aromatic carbocycles. The zero-order chi connectivity index (χ0) is 20.4. The number of aromatic nitrogens is 5. The molecule has 0 saturated heterocycles. The Bertz CT molecular complexity index is 1070. The van der Waals surface area contributed by atoms with Crippen LogP contribution >= 0.6 is 11.8 Å². The average Bonchev–Trinajstić information content (AvgIpc) is 3.27. The van der Waals surface area contributed by atoms with Crippen LogP contribution in [0.3, 0.4) is 0 Å². The Morgan fingerprint density at radius 2 is 1.72 bits per heavy atom. The standard InChI is InChI=1S/C23H27N5S/c1-23(2,3)17-11-9-16(10-12-17)15-29-22-27-26-21(28(22)4)14-13-20-24-18-7-5-6-8-19(18)25-20/h5-12H,13-15H2,1-4H3,(H,24,25). The lowest BCUT2D eigenvalue weighted by atomic mass is 9.87. The molecule has 0 radical (unpaired) electrons. The van der Waals surface area contributed by atoms with Gasteiger partial charge in [-0.05, 0) is 28.7 Å². The molecule has 2 aromatic heterocycles. The van der Waals surface area contributed by atoms with E-state index in [4.69, 9.17) is 0 Å². The van der Waals surface area contributed by atoms with Crippen molar-refractivity contribution in [1.82, 2.24) is 24.7 Å². The van der Waals surface area contributed by atoms with E-state index < -0.39 is 0 Å². The monoisotopic (exact) mass is 405 g/mol. The summed E-state index contributed by atoms with van der Waals surface area (Å²) in [6.45, 7) is 6.72. The number of imidazole rings is 1. The van der Waals surface area contributed by atoms with Crippen molar-refractivity contribution in [1.29, 1.82) is 0 Å². The van der Waals surface area contributed by atoms with Crippen molar-refractivity contribution in [2.75, 3.05) is 0 Å². The average molecular weight is 406 g/mol. The normalized spacial score (nSPS) is 12.0. The van der Waals surface area contributed by atoms with Crippen LogP contribution in [-0.2, 0) is 31.1 Å². The summed E-state index contributed by atoms with van der Waals surface area (Å²) in [6, 6.07) is 17.0. The van der Waals surface area contributed by atoms with Crippen LogP contribution in [0.4, 0.5) is 0 Å². The highest BCUT2D eigenvalue weighted by Crippen LogP contribution is 2.25. The maximum absolute atomic E-state index is 4.65. The molecule has 0 aliphatic heterocycles. The second kappa shape index (κ2) is 8.03. The molecule has 150 valence electrons. The number of thioether (sulfide) groups is 1. The Morgan fingerprint density at radius 3 is 2.45 bits per heavy atom. The Hall–Kier alpha value is -2.60. The Balaban J connectivity index is 1.36. The van der Waals surface area contributed by atoms with Gasteiger partial charge in [-0.3, -0.25) is 0 Å². The summed E-state index contributed by atoms with van der Waals surface area (Å²) in [6.07, 6.45) is 1.63.